The van der Waals surface area contributed by atoms with Crippen LogP contribution in [0.2, 0.25) is 0 Å². The Hall–Kier alpha value is -5.03. The fourth-order valence-corrected chi connectivity index (χ4v) is 7.90. The van der Waals surface area contributed by atoms with Crippen molar-refractivity contribution in [1.29, 1.82) is 0 Å². The lowest BCUT2D eigenvalue weighted by Crippen LogP contribution is -2.36. The molecule has 0 saturated carbocycles. The number of amides is 1. The summed E-state index contributed by atoms with van der Waals surface area (Å²) in [5, 5.41) is 2.79. The molecule has 2 aliphatic heterocycles. The molecule has 0 aliphatic carbocycles. The molecule has 8 unspecified atom stereocenters. The number of aromatic nitrogens is 4. The third-order valence-electron chi connectivity index (χ3n) is 9.85. The summed E-state index contributed by atoms with van der Waals surface area (Å²) in [5.41, 5.74) is 1.28. The minimum absolute atomic E-state index is 0.115. The van der Waals surface area contributed by atoms with Gasteiger partial charge in [-0.1, -0.05) is 19.1 Å². The van der Waals surface area contributed by atoms with Crippen LogP contribution in [0.5, 0.6) is 0 Å². The molecule has 1 amide bonds. The molecule has 3 N–H and O–H groups in total. The van der Waals surface area contributed by atoms with Crippen molar-refractivity contribution < 1.29 is 46.3 Å². The van der Waals surface area contributed by atoms with Crippen LogP contribution in [0.3, 0.4) is 0 Å². The van der Waals surface area contributed by atoms with Gasteiger partial charge in [0.05, 0.1) is 19.1 Å². The number of aryl methyl sites for hydroxylation is 3. The predicted molar refractivity (Wildman–Crippen MR) is 202 cm³/mol. The van der Waals surface area contributed by atoms with Crippen molar-refractivity contribution in [1.82, 2.24) is 24.4 Å². The number of phosphoric acid groups is 1. The lowest BCUT2D eigenvalue weighted by Gasteiger charge is -2.26. The van der Waals surface area contributed by atoms with Crippen LogP contribution in [-0.4, -0.2) is 81.3 Å². The lowest BCUT2D eigenvalue weighted by molar-refractivity contribution is -0.154. The third kappa shape index (κ3) is 10.7. The summed E-state index contributed by atoms with van der Waals surface area (Å²) in [7, 11) is -4.82. The van der Waals surface area contributed by atoms with Crippen LogP contribution in [-0.2, 0) is 48.5 Å². The van der Waals surface area contributed by atoms with Gasteiger partial charge in [-0.3, -0.25) is 51.9 Å². The van der Waals surface area contributed by atoms with Crippen molar-refractivity contribution in [3.8, 4) is 0 Å². The van der Waals surface area contributed by atoms with Gasteiger partial charge in [-0.15, -0.1) is 0 Å². The number of phosphoric ester groups is 1. The number of nitrogens with one attached hydrogen (secondary N) is 3. The summed E-state index contributed by atoms with van der Waals surface area (Å²) in [6, 6.07) is 4.94. The van der Waals surface area contributed by atoms with Gasteiger partial charge in [0.2, 0.25) is 12.5 Å². The fourth-order valence-electron chi connectivity index (χ4n) is 6.52. The summed E-state index contributed by atoms with van der Waals surface area (Å²) in [4.78, 5) is 82.0. The zero-order valence-corrected chi connectivity index (χ0v) is 33.5. The Labute approximate surface area is 331 Å². The van der Waals surface area contributed by atoms with E-state index in [2.05, 4.69) is 15.1 Å². The molecule has 0 bridgehead atoms. The minimum atomic E-state index is -4.82. The molecule has 1 aromatic carbocycles. The molecule has 314 valence electrons. The van der Waals surface area contributed by atoms with Crippen LogP contribution in [0.25, 0.3) is 4.85 Å². The summed E-state index contributed by atoms with van der Waals surface area (Å²) in [5.74, 6) is -1.20. The van der Waals surface area contributed by atoms with Gasteiger partial charge in [-0.25, -0.2) is 25.1 Å². The van der Waals surface area contributed by atoms with Crippen LogP contribution in [0.15, 0.2) is 49.8 Å². The van der Waals surface area contributed by atoms with Crippen molar-refractivity contribution in [2.75, 3.05) is 19.8 Å². The quantitative estimate of drug-likeness (QED) is 0.0770. The van der Waals surface area contributed by atoms with E-state index in [1.807, 2.05) is 37.9 Å². The van der Waals surface area contributed by atoms with Gasteiger partial charge < -0.3 is 24.4 Å². The molecular weight excluding hydrogens is 786 g/mol. The first kappa shape index (κ1) is 44.1. The molecule has 0 spiro atoms. The largest absolute Gasteiger partial charge is 0.475 e. The number of carbonyl (C=O) groups excluding carboxylic acids is 2. The second-order valence-corrected chi connectivity index (χ2v) is 15.6. The van der Waals surface area contributed by atoms with Crippen LogP contribution >= 0.6 is 7.82 Å². The topological polar surface area (TPSA) is 233 Å². The monoisotopic (exact) mass is 832 g/mol. The Kier molecular flexibility index (Phi) is 14.6. The van der Waals surface area contributed by atoms with Crippen molar-refractivity contribution in [3.05, 3.63) is 112 Å². The van der Waals surface area contributed by atoms with E-state index in [1.54, 1.807) is 6.92 Å². The van der Waals surface area contributed by atoms with E-state index in [0.29, 0.717) is 0 Å². The van der Waals surface area contributed by atoms with E-state index < -0.39 is 98.5 Å². The normalized spacial score (nSPS) is 23.9. The van der Waals surface area contributed by atoms with E-state index in [0.717, 1.165) is 43.7 Å². The molecule has 4 heterocycles. The maximum absolute atomic E-state index is 16.0. The molecule has 58 heavy (non-hydrogen) atoms. The number of alkyl halides is 1. The summed E-state index contributed by atoms with van der Waals surface area (Å²) in [6.07, 6.45) is -8.26. The minimum Gasteiger partial charge on any atom is -0.459 e. The molecule has 0 radical (unpaired) electrons. The molecule has 5 rings (SSSR count). The van der Waals surface area contributed by atoms with Crippen LogP contribution in [0.1, 0.15) is 72.9 Å². The molecule has 2 fully saturated rings. The van der Waals surface area contributed by atoms with Gasteiger partial charge in [0.25, 0.3) is 11.1 Å². The number of esters is 1. The third-order valence-corrected chi connectivity index (χ3v) is 11.3. The molecule has 8 atom stereocenters. The second kappa shape index (κ2) is 19.1. The number of halogens is 1. The summed E-state index contributed by atoms with van der Waals surface area (Å²) >= 11 is 0. The Balaban J connectivity index is 1.30. The summed E-state index contributed by atoms with van der Waals surface area (Å²) in [6.45, 7) is 15.0. The molecular formula is C37H46FN6O13P. The van der Waals surface area contributed by atoms with Crippen LogP contribution in [0, 0.1) is 34.3 Å². The summed E-state index contributed by atoms with van der Waals surface area (Å²) < 4.78 is 66.2. The van der Waals surface area contributed by atoms with Gasteiger partial charge in [-0.2, -0.15) is 0 Å². The number of hydrogen-bond acceptors (Lipinski definition) is 13. The highest BCUT2D eigenvalue weighted by Gasteiger charge is 2.51. The van der Waals surface area contributed by atoms with E-state index in [4.69, 9.17) is 34.4 Å². The smallest absolute Gasteiger partial charge is 0.459 e. The van der Waals surface area contributed by atoms with Gasteiger partial charge in [0.1, 0.15) is 31.1 Å². The van der Waals surface area contributed by atoms with Crippen molar-refractivity contribution in [2.45, 2.75) is 110 Å². The average molecular weight is 833 g/mol. The highest BCUT2D eigenvalue weighted by molar-refractivity contribution is 7.48. The van der Waals surface area contributed by atoms with E-state index >= 15 is 4.39 Å². The maximum Gasteiger partial charge on any atom is 0.475 e. The first-order chi connectivity index (χ1) is 27.5. The Morgan fingerprint density at radius 1 is 1.00 bits per heavy atom. The number of benzene rings is 1. The standard InChI is InChI=1S/C37H46FN6O13P/c1-7-25-33(32(38)35(56-25)43-12-10-29(46)41-36(43)49)57-58(51,52-13-11-39-6)53-19-27-26(16-30(54-27)44-18-22(4)34(48)42-37(44)50)55-31(47)9-8-28(45)40-17-24-14-20(2)23(5)21(3)15-24/h10,12,14-15,18,25-27,30,32-33,35H,7-9,11,13,16-17,19H2,1-5H3,(H,40,45)(H,41,46,49)(H,42,48,50). The van der Waals surface area contributed by atoms with Crippen LogP contribution in [0.4, 0.5) is 4.39 Å². The number of rotatable bonds is 17. The van der Waals surface area contributed by atoms with Gasteiger partial charge in [-0.05, 0) is 56.4 Å². The molecule has 21 heteroatoms. The van der Waals surface area contributed by atoms with E-state index in [1.165, 1.54) is 13.1 Å². The van der Waals surface area contributed by atoms with Gasteiger partial charge in [0, 0.05) is 43.4 Å². The van der Waals surface area contributed by atoms with E-state index in [9.17, 15) is 33.3 Å². The average Bonchev–Trinajstić information content (AvgIpc) is 3.71. The number of ether oxygens (including phenoxy) is 3. The zero-order chi connectivity index (χ0) is 42.3. The highest BCUT2D eigenvalue weighted by Crippen LogP contribution is 2.54. The first-order valence-electron chi connectivity index (χ1n) is 18.5. The van der Waals surface area contributed by atoms with E-state index in [-0.39, 0.29) is 44.3 Å². The Morgan fingerprint density at radius 2 is 1.71 bits per heavy atom. The number of aromatic amines is 2. The molecule has 2 aromatic heterocycles. The number of nitrogens with zero attached hydrogens (tertiary/aromatic N) is 3. The van der Waals surface area contributed by atoms with Crippen molar-refractivity contribution >= 4 is 19.7 Å². The fraction of sp³-hybridized carbons (Fsp3) is 0.541. The Bertz CT molecular complexity index is 2300. The molecule has 19 nitrogen and oxygen atoms in total. The first-order valence-corrected chi connectivity index (χ1v) is 20.0. The van der Waals surface area contributed by atoms with Gasteiger partial charge >= 0.3 is 25.2 Å². The molecule has 2 saturated heterocycles. The molecule has 2 aliphatic rings. The Morgan fingerprint density at radius 3 is 2.38 bits per heavy atom. The SMILES string of the molecule is [C-]#[N+]CCOP(=O)(OCC1OC(n2cc(C)c(=O)[nH]c2=O)CC1OC(=O)CCC(=O)NCc1cc(C)c(C)c(C)c1)OC1C(CC)OC(n2ccc(=O)[nH]c2=O)C1F. The number of H-pyrrole nitrogens is 2. The second-order valence-electron chi connectivity index (χ2n) is 14.0. The van der Waals surface area contributed by atoms with Gasteiger partial charge in [0.15, 0.2) is 12.4 Å². The maximum atomic E-state index is 16.0. The van der Waals surface area contributed by atoms with Crippen molar-refractivity contribution in [3.63, 3.8) is 0 Å². The highest BCUT2D eigenvalue weighted by atomic mass is 31.2. The molecule has 3 aromatic rings. The lowest BCUT2D eigenvalue weighted by atomic mass is 10.0. The number of carbonyl (C=O) groups is 2. The predicted octanol–water partition coefficient (Wildman–Crippen LogP) is 2.71. The number of hydrogen-bond donors (Lipinski definition) is 3. The zero-order valence-electron chi connectivity index (χ0n) is 32.6. The van der Waals surface area contributed by atoms with Crippen molar-refractivity contribution in [2.24, 2.45) is 0 Å². The van der Waals surface area contributed by atoms with Crippen LogP contribution < -0.4 is 27.8 Å².